The van der Waals surface area contributed by atoms with E-state index in [1.807, 2.05) is 6.20 Å². The molecule has 0 bridgehead atoms. The van der Waals surface area contributed by atoms with Gasteiger partial charge in [-0.05, 0) is 53.2 Å². The summed E-state index contributed by atoms with van der Waals surface area (Å²) in [6.45, 7) is 17.0. The summed E-state index contributed by atoms with van der Waals surface area (Å²) in [5.41, 5.74) is 7.26. The largest absolute Gasteiger partial charge is 0.394 e. The Morgan fingerprint density at radius 1 is 1.09 bits per heavy atom. The van der Waals surface area contributed by atoms with Gasteiger partial charge in [-0.3, -0.25) is 10.3 Å². The van der Waals surface area contributed by atoms with E-state index in [1.54, 1.807) is 0 Å². The summed E-state index contributed by atoms with van der Waals surface area (Å²) >= 11 is 0. The fourth-order valence-electron chi connectivity index (χ4n) is 5.67. The molecule has 0 amide bonds. The average Bonchev–Trinajstić information content (AvgIpc) is 3.14. The maximum Gasteiger partial charge on any atom is 0.0732 e. The highest BCUT2D eigenvalue weighted by Crippen LogP contribution is 2.49. The minimum atomic E-state index is -0.233. The van der Waals surface area contributed by atoms with Gasteiger partial charge in [-0.15, -0.1) is 0 Å². The van der Waals surface area contributed by atoms with Crippen LogP contribution in [-0.2, 0) is 0 Å². The molecular formula is C28H41N3O2. The van der Waals surface area contributed by atoms with Crippen LogP contribution in [-0.4, -0.2) is 52.1 Å². The van der Waals surface area contributed by atoms with Crippen molar-refractivity contribution in [2.45, 2.75) is 60.5 Å². The molecule has 0 spiro atoms. The molecule has 4 rings (SSSR count). The molecule has 33 heavy (non-hydrogen) atoms. The van der Waals surface area contributed by atoms with Crippen LogP contribution >= 0.6 is 0 Å². The maximum absolute atomic E-state index is 11.4. The number of hydroxylamine groups is 2. The molecule has 4 atom stereocenters. The zero-order valence-electron chi connectivity index (χ0n) is 21.3. The van der Waals surface area contributed by atoms with Gasteiger partial charge in [-0.1, -0.05) is 65.8 Å². The van der Waals surface area contributed by atoms with E-state index in [-0.39, 0.29) is 35.9 Å². The highest BCUT2D eigenvalue weighted by Gasteiger charge is 2.42. The zero-order chi connectivity index (χ0) is 24.1. The number of nitrogens with one attached hydrogen (secondary N) is 1. The Morgan fingerprint density at radius 2 is 1.82 bits per heavy atom. The van der Waals surface area contributed by atoms with Crippen LogP contribution in [0.2, 0.25) is 0 Å². The van der Waals surface area contributed by atoms with Crippen LogP contribution in [0.15, 0.2) is 70.3 Å². The second-order valence-electron chi connectivity index (χ2n) is 11.4. The third kappa shape index (κ3) is 4.22. The van der Waals surface area contributed by atoms with Crippen LogP contribution in [0.1, 0.15) is 48.5 Å². The number of aliphatic hydroxyl groups excluding tert-OH is 1. The van der Waals surface area contributed by atoms with E-state index in [1.165, 1.54) is 27.5 Å². The molecule has 0 saturated carbocycles. The number of rotatable bonds is 2. The monoisotopic (exact) mass is 451 g/mol. The van der Waals surface area contributed by atoms with Gasteiger partial charge in [-0.2, -0.15) is 0 Å². The fraction of sp³-hybridized carbons (Fsp3) is 0.571. The lowest BCUT2D eigenvalue weighted by molar-refractivity contribution is -0.0640. The number of hydrogen-bond donors (Lipinski definition) is 3. The van der Waals surface area contributed by atoms with Gasteiger partial charge in [0.2, 0.25) is 0 Å². The summed E-state index contributed by atoms with van der Waals surface area (Å²) in [5, 5.41) is 25.9. The minimum Gasteiger partial charge on any atom is -0.394 e. The summed E-state index contributed by atoms with van der Waals surface area (Å²) < 4.78 is 0. The summed E-state index contributed by atoms with van der Waals surface area (Å²) in [7, 11) is 0. The number of hydrogen-bond acceptors (Lipinski definition) is 5. The van der Waals surface area contributed by atoms with Gasteiger partial charge < -0.3 is 15.3 Å². The van der Waals surface area contributed by atoms with Crippen molar-refractivity contribution in [3.63, 3.8) is 0 Å². The molecule has 5 heteroatoms. The molecule has 0 aromatic rings. The second-order valence-corrected chi connectivity index (χ2v) is 11.4. The first-order chi connectivity index (χ1) is 15.5. The fourth-order valence-corrected chi connectivity index (χ4v) is 5.67. The smallest absolute Gasteiger partial charge is 0.0732 e. The van der Waals surface area contributed by atoms with E-state index >= 15 is 0 Å². The Labute approximate surface area is 199 Å². The van der Waals surface area contributed by atoms with Crippen LogP contribution in [0.4, 0.5) is 0 Å². The van der Waals surface area contributed by atoms with Crippen LogP contribution in [0.5, 0.6) is 0 Å². The Hall–Kier alpha value is -2.24. The Balaban J connectivity index is 1.96. The van der Waals surface area contributed by atoms with Crippen molar-refractivity contribution >= 4 is 0 Å². The molecule has 0 aromatic carbocycles. The lowest BCUT2D eigenvalue weighted by Gasteiger charge is -2.39. The highest BCUT2D eigenvalue weighted by molar-refractivity contribution is 5.65. The topological polar surface area (TPSA) is 59.0 Å². The van der Waals surface area contributed by atoms with Crippen molar-refractivity contribution in [2.24, 2.45) is 23.2 Å². The van der Waals surface area contributed by atoms with Crippen LogP contribution in [0, 0.1) is 23.2 Å². The van der Waals surface area contributed by atoms with Gasteiger partial charge in [0.15, 0.2) is 0 Å². The average molecular weight is 452 g/mol. The number of allylic oxidation sites excluding steroid dienone is 5. The Kier molecular flexibility index (Phi) is 6.41. The molecule has 2 unspecified atom stereocenters. The van der Waals surface area contributed by atoms with Crippen molar-refractivity contribution in [1.29, 1.82) is 0 Å². The summed E-state index contributed by atoms with van der Waals surface area (Å²) in [6, 6.07) is 0.00624. The lowest BCUT2D eigenvalue weighted by Crippen LogP contribution is -2.42. The molecule has 3 heterocycles. The van der Waals surface area contributed by atoms with E-state index in [0.717, 1.165) is 17.8 Å². The quantitative estimate of drug-likeness (QED) is 0.529. The van der Waals surface area contributed by atoms with Gasteiger partial charge in [0, 0.05) is 24.1 Å². The zero-order valence-corrected chi connectivity index (χ0v) is 21.3. The van der Waals surface area contributed by atoms with E-state index in [9.17, 15) is 10.3 Å². The molecule has 0 fully saturated rings. The number of nitrogens with zero attached hydrogens (tertiary/aromatic N) is 2. The first kappa shape index (κ1) is 23.9. The predicted octanol–water partition coefficient (Wildman–Crippen LogP) is 4.76. The summed E-state index contributed by atoms with van der Waals surface area (Å²) in [5.74, 6) is 0.815. The van der Waals surface area contributed by atoms with E-state index in [2.05, 4.69) is 89.1 Å². The summed E-state index contributed by atoms with van der Waals surface area (Å²) in [6.07, 6.45) is 13.5. The summed E-state index contributed by atoms with van der Waals surface area (Å²) in [4.78, 5) is 2.49. The maximum atomic E-state index is 11.4. The minimum absolute atomic E-state index is 0.0370. The lowest BCUT2D eigenvalue weighted by atomic mass is 9.75. The van der Waals surface area contributed by atoms with Gasteiger partial charge in [-0.25, -0.2) is 0 Å². The van der Waals surface area contributed by atoms with Crippen molar-refractivity contribution in [3.8, 4) is 0 Å². The Morgan fingerprint density at radius 3 is 2.45 bits per heavy atom. The second kappa shape index (κ2) is 8.84. The van der Waals surface area contributed by atoms with Gasteiger partial charge >= 0.3 is 0 Å². The standard InChI is InChI=1S/C28H41N3O2/c1-17(2)24-19(4)23-11-10-21(28(5,6)7)9-8-18(3)30-14-20-12-13-29-22(16-32)15-31(33)27(24)25(20)26(23)30/h8-13,17-19,21-22,29,32-33H,14-16H2,1-7H3/b9-8-,11-10-,13-12-/t18?,19?,21-,22+/m1/s1. The van der Waals surface area contributed by atoms with E-state index < -0.39 is 0 Å². The van der Waals surface area contributed by atoms with Crippen LogP contribution in [0.3, 0.4) is 0 Å². The molecule has 0 radical (unpaired) electrons. The molecular weight excluding hydrogens is 410 g/mol. The van der Waals surface area contributed by atoms with Crippen LogP contribution < -0.4 is 5.32 Å². The normalized spacial score (nSPS) is 33.0. The van der Waals surface area contributed by atoms with Crippen LogP contribution in [0.25, 0.3) is 0 Å². The predicted molar refractivity (Wildman–Crippen MR) is 134 cm³/mol. The molecule has 3 N–H and O–H groups in total. The molecule has 180 valence electrons. The first-order valence-electron chi connectivity index (χ1n) is 12.4. The molecule has 1 aliphatic carbocycles. The van der Waals surface area contributed by atoms with Crippen molar-refractivity contribution in [1.82, 2.24) is 15.3 Å². The molecule has 4 aliphatic rings. The Bertz CT molecular complexity index is 974. The number of aliphatic hydroxyl groups is 1. The van der Waals surface area contributed by atoms with Crippen molar-refractivity contribution in [3.05, 3.63) is 70.3 Å². The third-order valence-electron chi connectivity index (χ3n) is 7.58. The molecule has 0 aromatic heterocycles. The molecule has 5 nitrogen and oxygen atoms in total. The van der Waals surface area contributed by atoms with E-state index in [0.29, 0.717) is 12.5 Å². The van der Waals surface area contributed by atoms with Crippen molar-refractivity contribution < 1.29 is 10.3 Å². The van der Waals surface area contributed by atoms with Gasteiger partial charge in [0.1, 0.15) is 0 Å². The van der Waals surface area contributed by atoms with E-state index in [4.69, 9.17) is 0 Å². The van der Waals surface area contributed by atoms with Crippen molar-refractivity contribution in [2.75, 3.05) is 19.7 Å². The SMILES string of the molecule is CC(C)C1=C2C3=C(/C=C\N[C@H](CO)CN2O)CN2C3=C(/C=C\[C@H](C(C)(C)C)/C=C\C2C)C1C. The third-order valence-corrected chi connectivity index (χ3v) is 7.58. The van der Waals surface area contributed by atoms with Gasteiger partial charge in [0.05, 0.1) is 30.6 Å². The highest BCUT2D eigenvalue weighted by atomic mass is 16.5. The first-order valence-corrected chi connectivity index (χ1v) is 12.4. The molecule has 0 saturated heterocycles. The van der Waals surface area contributed by atoms with Gasteiger partial charge in [0.25, 0.3) is 0 Å². The molecule has 3 aliphatic heterocycles.